The highest BCUT2D eigenvalue weighted by Gasteiger charge is 1.96. The fourth-order valence-corrected chi connectivity index (χ4v) is 2.10. The Hall–Kier alpha value is -1.05. The fourth-order valence-electron chi connectivity index (χ4n) is 2.10. The normalized spacial score (nSPS) is 10.6. The number of benzene rings is 1. The molecule has 0 heterocycles. The smallest absolute Gasteiger partial charge is 0.119 e. The molecule has 1 aromatic carbocycles. The van der Waals surface area contributed by atoms with E-state index in [1.165, 1.54) is 44.9 Å². The van der Waals surface area contributed by atoms with Gasteiger partial charge in [-0.25, -0.2) is 4.39 Å². The minimum absolute atomic E-state index is 0.404. The van der Waals surface area contributed by atoms with Crippen LogP contribution in [-0.2, 0) is 6.67 Å². The molecular formula is C17H27FO. The first kappa shape index (κ1) is 16.0. The molecule has 0 aliphatic heterocycles. The second-order valence-electron chi connectivity index (χ2n) is 5.10. The van der Waals surface area contributed by atoms with Gasteiger partial charge in [-0.15, -0.1) is 0 Å². The predicted molar refractivity (Wildman–Crippen MR) is 79.4 cm³/mol. The minimum Gasteiger partial charge on any atom is -0.494 e. The lowest BCUT2D eigenvalue weighted by atomic mass is 10.1. The van der Waals surface area contributed by atoms with Crippen molar-refractivity contribution in [3.05, 3.63) is 29.8 Å². The Morgan fingerprint density at radius 1 is 0.842 bits per heavy atom. The lowest BCUT2D eigenvalue weighted by molar-refractivity contribution is 0.304. The van der Waals surface area contributed by atoms with E-state index >= 15 is 0 Å². The first-order valence-electron chi connectivity index (χ1n) is 7.64. The molecule has 0 atom stereocenters. The van der Waals surface area contributed by atoms with Gasteiger partial charge in [0.2, 0.25) is 0 Å². The molecule has 0 spiro atoms. The molecule has 0 unspecified atom stereocenters. The van der Waals surface area contributed by atoms with E-state index in [0.29, 0.717) is 5.56 Å². The standard InChI is InChI=1S/C17H27FO/c1-2-3-4-5-6-7-8-9-14-19-17-12-10-16(15-18)11-13-17/h10-13H,2-9,14-15H2,1H3. The van der Waals surface area contributed by atoms with Gasteiger partial charge in [-0.3, -0.25) is 0 Å². The van der Waals surface area contributed by atoms with Gasteiger partial charge in [-0.2, -0.15) is 0 Å². The summed E-state index contributed by atoms with van der Waals surface area (Å²) in [6.07, 6.45) is 10.5. The van der Waals surface area contributed by atoms with E-state index in [4.69, 9.17) is 4.74 Å². The van der Waals surface area contributed by atoms with Gasteiger partial charge < -0.3 is 4.74 Å². The Bertz CT molecular complexity index is 308. The summed E-state index contributed by atoms with van der Waals surface area (Å²) >= 11 is 0. The first-order valence-corrected chi connectivity index (χ1v) is 7.64. The number of hydrogen-bond acceptors (Lipinski definition) is 1. The molecule has 0 radical (unpaired) electrons. The first-order chi connectivity index (χ1) is 9.36. The quantitative estimate of drug-likeness (QED) is 0.468. The molecule has 0 aliphatic rings. The van der Waals surface area contributed by atoms with Crippen LogP contribution in [0.15, 0.2) is 24.3 Å². The van der Waals surface area contributed by atoms with Crippen molar-refractivity contribution in [2.24, 2.45) is 0 Å². The average Bonchev–Trinajstić information content (AvgIpc) is 2.46. The highest BCUT2D eigenvalue weighted by atomic mass is 19.1. The summed E-state index contributed by atoms with van der Waals surface area (Å²) in [6, 6.07) is 7.26. The molecule has 1 rings (SSSR count). The number of halogens is 1. The molecule has 0 saturated carbocycles. The number of ether oxygens (including phenoxy) is 1. The lowest BCUT2D eigenvalue weighted by Gasteiger charge is -2.06. The Morgan fingerprint density at radius 2 is 1.42 bits per heavy atom. The number of unbranched alkanes of at least 4 members (excludes halogenated alkanes) is 7. The topological polar surface area (TPSA) is 9.23 Å². The van der Waals surface area contributed by atoms with Crippen LogP contribution in [0.2, 0.25) is 0 Å². The highest BCUT2D eigenvalue weighted by molar-refractivity contribution is 5.26. The van der Waals surface area contributed by atoms with E-state index in [1.807, 2.05) is 12.1 Å². The summed E-state index contributed by atoms with van der Waals surface area (Å²) in [4.78, 5) is 0. The van der Waals surface area contributed by atoms with Gasteiger partial charge in [0, 0.05) is 0 Å². The number of alkyl halides is 1. The number of hydrogen-bond donors (Lipinski definition) is 0. The van der Waals surface area contributed by atoms with E-state index in [-0.39, 0.29) is 0 Å². The maximum absolute atomic E-state index is 12.3. The molecule has 1 aromatic rings. The van der Waals surface area contributed by atoms with Crippen LogP contribution in [-0.4, -0.2) is 6.61 Å². The molecule has 0 N–H and O–H groups in total. The summed E-state index contributed by atoms with van der Waals surface area (Å²) in [5, 5.41) is 0. The molecule has 1 nitrogen and oxygen atoms in total. The van der Waals surface area contributed by atoms with E-state index in [9.17, 15) is 4.39 Å². The SMILES string of the molecule is CCCCCCCCCCOc1ccc(CF)cc1. The highest BCUT2D eigenvalue weighted by Crippen LogP contribution is 2.14. The molecule has 0 saturated heterocycles. The third-order valence-electron chi connectivity index (χ3n) is 3.34. The van der Waals surface area contributed by atoms with Gasteiger partial charge in [-0.05, 0) is 24.1 Å². The fraction of sp³-hybridized carbons (Fsp3) is 0.647. The Morgan fingerprint density at radius 3 is 2.00 bits per heavy atom. The lowest BCUT2D eigenvalue weighted by Crippen LogP contribution is -1.97. The Kier molecular flexibility index (Phi) is 9.13. The van der Waals surface area contributed by atoms with Crippen molar-refractivity contribution in [2.75, 3.05) is 6.61 Å². The van der Waals surface area contributed by atoms with Crippen molar-refractivity contribution in [1.29, 1.82) is 0 Å². The molecule has 108 valence electrons. The molecule has 0 fully saturated rings. The van der Waals surface area contributed by atoms with Crippen LogP contribution in [0.3, 0.4) is 0 Å². The molecule has 19 heavy (non-hydrogen) atoms. The van der Waals surface area contributed by atoms with Crippen molar-refractivity contribution in [1.82, 2.24) is 0 Å². The molecule has 0 aliphatic carbocycles. The van der Waals surface area contributed by atoms with E-state index in [0.717, 1.165) is 18.8 Å². The minimum atomic E-state index is -0.404. The van der Waals surface area contributed by atoms with Gasteiger partial charge in [0.05, 0.1) is 6.61 Å². The van der Waals surface area contributed by atoms with Crippen molar-refractivity contribution in [2.45, 2.75) is 65.0 Å². The van der Waals surface area contributed by atoms with E-state index < -0.39 is 6.67 Å². The van der Waals surface area contributed by atoms with E-state index in [1.54, 1.807) is 12.1 Å². The predicted octanol–water partition coefficient (Wildman–Crippen LogP) is 5.68. The van der Waals surface area contributed by atoms with Crippen LogP contribution >= 0.6 is 0 Å². The van der Waals surface area contributed by atoms with Gasteiger partial charge in [0.1, 0.15) is 12.4 Å². The van der Waals surface area contributed by atoms with Crippen molar-refractivity contribution >= 4 is 0 Å². The summed E-state index contributed by atoms with van der Waals surface area (Å²) in [6.45, 7) is 2.61. The molecule has 0 amide bonds. The van der Waals surface area contributed by atoms with Gasteiger partial charge >= 0.3 is 0 Å². The average molecular weight is 266 g/mol. The zero-order valence-corrected chi connectivity index (χ0v) is 12.2. The summed E-state index contributed by atoms with van der Waals surface area (Å²) in [5.74, 6) is 0.847. The van der Waals surface area contributed by atoms with Gasteiger partial charge in [0.25, 0.3) is 0 Å². The van der Waals surface area contributed by atoms with Gasteiger partial charge in [-0.1, -0.05) is 64.0 Å². The van der Waals surface area contributed by atoms with Crippen LogP contribution in [0.5, 0.6) is 5.75 Å². The second-order valence-corrected chi connectivity index (χ2v) is 5.10. The Balaban J connectivity index is 1.95. The monoisotopic (exact) mass is 266 g/mol. The second kappa shape index (κ2) is 10.8. The molecule has 0 bridgehead atoms. The maximum Gasteiger partial charge on any atom is 0.119 e. The van der Waals surface area contributed by atoms with Gasteiger partial charge in [0.15, 0.2) is 0 Å². The third kappa shape index (κ3) is 7.86. The molecular weight excluding hydrogens is 239 g/mol. The zero-order chi connectivity index (χ0) is 13.8. The summed E-state index contributed by atoms with van der Waals surface area (Å²) in [7, 11) is 0. The van der Waals surface area contributed by atoms with Crippen LogP contribution in [0.25, 0.3) is 0 Å². The molecule has 2 heteroatoms. The maximum atomic E-state index is 12.3. The van der Waals surface area contributed by atoms with Crippen LogP contribution in [0, 0.1) is 0 Å². The summed E-state index contributed by atoms with van der Waals surface area (Å²) in [5.41, 5.74) is 0.708. The largest absolute Gasteiger partial charge is 0.494 e. The van der Waals surface area contributed by atoms with Crippen LogP contribution in [0.4, 0.5) is 4.39 Å². The third-order valence-corrected chi connectivity index (χ3v) is 3.34. The van der Waals surface area contributed by atoms with Crippen LogP contribution in [0.1, 0.15) is 63.9 Å². The molecule has 0 aromatic heterocycles. The number of rotatable bonds is 11. The van der Waals surface area contributed by atoms with E-state index in [2.05, 4.69) is 6.92 Å². The van der Waals surface area contributed by atoms with Crippen molar-refractivity contribution in [3.8, 4) is 5.75 Å². The zero-order valence-electron chi connectivity index (χ0n) is 12.2. The van der Waals surface area contributed by atoms with Crippen molar-refractivity contribution in [3.63, 3.8) is 0 Å². The summed E-state index contributed by atoms with van der Waals surface area (Å²) < 4.78 is 17.9. The van der Waals surface area contributed by atoms with Crippen LogP contribution < -0.4 is 4.74 Å². The van der Waals surface area contributed by atoms with Crippen molar-refractivity contribution < 1.29 is 9.13 Å². The Labute approximate surface area is 117 Å².